The monoisotopic (exact) mass is 249 g/mol. The fourth-order valence-electron chi connectivity index (χ4n) is 3.39. The molecule has 1 fully saturated rings. The molecule has 0 radical (unpaired) electrons. The number of hydrogen-bond acceptors (Lipinski definition) is 2. The van der Waals surface area contributed by atoms with Crippen molar-refractivity contribution in [2.45, 2.75) is 59.5 Å². The van der Waals surface area contributed by atoms with Crippen LogP contribution in [0.1, 0.15) is 45.0 Å². The molecular weight excluding hydrogens is 222 g/mol. The summed E-state index contributed by atoms with van der Waals surface area (Å²) in [6.07, 6.45) is 3.88. The lowest BCUT2D eigenvalue weighted by Crippen LogP contribution is -2.32. The maximum atomic E-state index is 4.55. The molecule has 0 spiro atoms. The van der Waals surface area contributed by atoms with Gasteiger partial charge in [0, 0.05) is 18.3 Å². The topological polar surface area (TPSA) is 29.9 Å². The van der Waals surface area contributed by atoms with Gasteiger partial charge in [-0.2, -0.15) is 5.10 Å². The Morgan fingerprint density at radius 1 is 1.39 bits per heavy atom. The Labute approximate surface area is 111 Å². The first-order valence-electron chi connectivity index (χ1n) is 7.42. The Morgan fingerprint density at radius 3 is 2.83 bits per heavy atom. The van der Waals surface area contributed by atoms with Gasteiger partial charge in [0.1, 0.15) is 0 Å². The lowest BCUT2D eigenvalue weighted by Gasteiger charge is -2.21. The molecular formula is C15H27N3. The van der Waals surface area contributed by atoms with Gasteiger partial charge in [0.2, 0.25) is 0 Å². The molecule has 3 unspecified atom stereocenters. The SMILES string of the molecule is CCNC1CCC(Cc2cc(C)nn2CC)C1C. The van der Waals surface area contributed by atoms with E-state index in [4.69, 9.17) is 0 Å². The predicted molar refractivity (Wildman–Crippen MR) is 75.7 cm³/mol. The molecule has 3 nitrogen and oxygen atoms in total. The zero-order valence-corrected chi connectivity index (χ0v) is 12.2. The summed E-state index contributed by atoms with van der Waals surface area (Å²) in [5.41, 5.74) is 2.57. The number of nitrogens with zero attached hydrogens (tertiary/aromatic N) is 2. The third-order valence-electron chi connectivity index (χ3n) is 4.45. The Balaban J connectivity index is 2.01. The molecule has 102 valence electrons. The van der Waals surface area contributed by atoms with Crippen molar-refractivity contribution in [3.05, 3.63) is 17.5 Å². The van der Waals surface area contributed by atoms with Crippen LogP contribution >= 0.6 is 0 Å². The maximum Gasteiger partial charge on any atom is 0.0596 e. The van der Waals surface area contributed by atoms with Crippen LogP contribution in [0.25, 0.3) is 0 Å². The quantitative estimate of drug-likeness (QED) is 0.869. The minimum atomic E-state index is 0.721. The van der Waals surface area contributed by atoms with E-state index in [0.29, 0.717) is 0 Å². The van der Waals surface area contributed by atoms with Crippen molar-refractivity contribution in [3.63, 3.8) is 0 Å². The molecule has 2 rings (SSSR count). The van der Waals surface area contributed by atoms with Gasteiger partial charge < -0.3 is 5.32 Å². The molecule has 1 aliphatic carbocycles. The Hall–Kier alpha value is -0.830. The fraction of sp³-hybridized carbons (Fsp3) is 0.800. The van der Waals surface area contributed by atoms with Gasteiger partial charge in [0.25, 0.3) is 0 Å². The molecule has 0 saturated heterocycles. The maximum absolute atomic E-state index is 4.55. The van der Waals surface area contributed by atoms with E-state index in [9.17, 15) is 0 Å². The van der Waals surface area contributed by atoms with Crippen LogP contribution in [0.3, 0.4) is 0 Å². The first-order chi connectivity index (χ1) is 8.65. The highest BCUT2D eigenvalue weighted by Gasteiger charge is 2.32. The molecule has 0 aliphatic heterocycles. The van der Waals surface area contributed by atoms with Crippen LogP contribution in [-0.4, -0.2) is 22.4 Å². The van der Waals surface area contributed by atoms with Crippen LogP contribution in [0.2, 0.25) is 0 Å². The van der Waals surface area contributed by atoms with Crippen LogP contribution in [0, 0.1) is 18.8 Å². The van der Waals surface area contributed by atoms with Crippen molar-refractivity contribution in [1.82, 2.24) is 15.1 Å². The standard InChI is InChI=1S/C15H27N3/c1-5-16-15-8-7-13(12(15)4)10-14-9-11(3)17-18(14)6-2/h9,12-13,15-16H,5-8,10H2,1-4H3. The van der Waals surface area contributed by atoms with Crippen molar-refractivity contribution in [2.24, 2.45) is 11.8 Å². The zero-order valence-electron chi connectivity index (χ0n) is 12.2. The van der Waals surface area contributed by atoms with Crippen molar-refractivity contribution >= 4 is 0 Å². The third kappa shape index (κ3) is 2.77. The van der Waals surface area contributed by atoms with E-state index in [1.807, 2.05) is 0 Å². The number of aryl methyl sites for hydroxylation is 2. The Kier molecular flexibility index (Phi) is 4.44. The van der Waals surface area contributed by atoms with Crippen LogP contribution in [0.4, 0.5) is 0 Å². The predicted octanol–water partition coefficient (Wildman–Crippen LogP) is 2.78. The van der Waals surface area contributed by atoms with Crippen molar-refractivity contribution in [3.8, 4) is 0 Å². The lowest BCUT2D eigenvalue weighted by molar-refractivity contribution is 0.349. The average molecular weight is 249 g/mol. The average Bonchev–Trinajstić information content (AvgIpc) is 2.87. The van der Waals surface area contributed by atoms with Gasteiger partial charge in [-0.05, 0) is 57.6 Å². The van der Waals surface area contributed by atoms with E-state index in [0.717, 1.165) is 36.7 Å². The van der Waals surface area contributed by atoms with Crippen molar-refractivity contribution < 1.29 is 0 Å². The Bertz CT molecular complexity index is 383. The summed E-state index contributed by atoms with van der Waals surface area (Å²) in [6.45, 7) is 11.0. The summed E-state index contributed by atoms with van der Waals surface area (Å²) < 4.78 is 2.17. The minimum absolute atomic E-state index is 0.721. The van der Waals surface area contributed by atoms with Crippen LogP contribution in [0.5, 0.6) is 0 Å². The van der Waals surface area contributed by atoms with E-state index in [1.165, 1.54) is 25.0 Å². The van der Waals surface area contributed by atoms with E-state index < -0.39 is 0 Å². The highest BCUT2D eigenvalue weighted by molar-refractivity contribution is 5.10. The van der Waals surface area contributed by atoms with Crippen LogP contribution < -0.4 is 5.32 Å². The van der Waals surface area contributed by atoms with Gasteiger partial charge in [-0.15, -0.1) is 0 Å². The molecule has 1 aromatic rings. The molecule has 1 aromatic heterocycles. The van der Waals surface area contributed by atoms with Gasteiger partial charge in [-0.3, -0.25) is 4.68 Å². The number of hydrogen-bond donors (Lipinski definition) is 1. The van der Waals surface area contributed by atoms with E-state index in [1.54, 1.807) is 0 Å². The number of nitrogens with one attached hydrogen (secondary N) is 1. The van der Waals surface area contributed by atoms with E-state index in [-0.39, 0.29) is 0 Å². The molecule has 0 aromatic carbocycles. The number of rotatable bonds is 5. The van der Waals surface area contributed by atoms with Gasteiger partial charge >= 0.3 is 0 Å². The van der Waals surface area contributed by atoms with Crippen LogP contribution in [0.15, 0.2) is 6.07 Å². The minimum Gasteiger partial charge on any atom is -0.314 e. The molecule has 1 aliphatic rings. The van der Waals surface area contributed by atoms with Gasteiger partial charge in [-0.25, -0.2) is 0 Å². The first-order valence-corrected chi connectivity index (χ1v) is 7.42. The third-order valence-corrected chi connectivity index (χ3v) is 4.45. The van der Waals surface area contributed by atoms with E-state index >= 15 is 0 Å². The summed E-state index contributed by atoms with van der Waals surface area (Å²) in [6, 6.07) is 2.98. The first kappa shape index (κ1) is 13.6. The molecule has 3 atom stereocenters. The molecule has 1 saturated carbocycles. The second-order valence-corrected chi connectivity index (χ2v) is 5.66. The van der Waals surface area contributed by atoms with Crippen molar-refractivity contribution in [2.75, 3.05) is 6.54 Å². The number of aromatic nitrogens is 2. The highest BCUT2D eigenvalue weighted by Crippen LogP contribution is 2.34. The van der Waals surface area contributed by atoms with Gasteiger partial charge in [0.15, 0.2) is 0 Å². The zero-order chi connectivity index (χ0) is 13.1. The summed E-state index contributed by atoms with van der Waals surface area (Å²) in [5, 5.41) is 8.17. The second-order valence-electron chi connectivity index (χ2n) is 5.66. The highest BCUT2D eigenvalue weighted by atomic mass is 15.3. The van der Waals surface area contributed by atoms with Crippen molar-refractivity contribution in [1.29, 1.82) is 0 Å². The normalized spacial score (nSPS) is 27.9. The summed E-state index contributed by atoms with van der Waals surface area (Å²) in [4.78, 5) is 0. The van der Waals surface area contributed by atoms with Gasteiger partial charge in [0.05, 0.1) is 5.69 Å². The smallest absolute Gasteiger partial charge is 0.0596 e. The lowest BCUT2D eigenvalue weighted by atomic mass is 9.91. The molecule has 1 N–H and O–H groups in total. The largest absolute Gasteiger partial charge is 0.314 e. The molecule has 0 amide bonds. The van der Waals surface area contributed by atoms with E-state index in [2.05, 4.69) is 48.9 Å². The van der Waals surface area contributed by atoms with Gasteiger partial charge in [-0.1, -0.05) is 13.8 Å². The molecule has 0 bridgehead atoms. The summed E-state index contributed by atoms with van der Waals surface area (Å²) in [5.74, 6) is 1.60. The Morgan fingerprint density at radius 2 is 2.17 bits per heavy atom. The van der Waals surface area contributed by atoms with Crippen LogP contribution in [-0.2, 0) is 13.0 Å². The summed E-state index contributed by atoms with van der Waals surface area (Å²) in [7, 11) is 0. The fourth-order valence-corrected chi connectivity index (χ4v) is 3.39. The summed E-state index contributed by atoms with van der Waals surface area (Å²) >= 11 is 0. The molecule has 18 heavy (non-hydrogen) atoms. The molecule has 1 heterocycles. The second kappa shape index (κ2) is 5.87. The molecule has 3 heteroatoms.